The largest absolute Gasteiger partial charge is 0.497 e. The highest BCUT2D eigenvalue weighted by Gasteiger charge is 2.43. The number of carbonyl (C=O) groups excluding carboxylic acids is 1. The zero-order valence-corrected chi connectivity index (χ0v) is 18.9. The van der Waals surface area contributed by atoms with Crippen molar-refractivity contribution in [1.82, 2.24) is 0 Å². The number of benzene rings is 2. The lowest BCUT2D eigenvalue weighted by Gasteiger charge is -2.40. The molecule has 0 unspecified atom stereocenters. The lowest BCUT2D eigenvalue weighted by atomic mass is 9.68. The van der Waals surface area contributed by atoms with Crippen LogP contribution in [-0.2, 0) is 4.79 Å². The van der Waals surface area contributed by atoms with E-state index in [0.717, 1.165) is 40.3 Å². The monoisotopic (exact) mass is 423 g/mol. The summed E-state index contributed by atoms with van der Waals surface area (Å²) in [5.74, 6) is 2.29. The number of Topliss-reactive ketones (excluding diaryl/α,β-unsaturated/α-hetero) is 1. The second-order valence-electron chi connectivity index (χ2n) is 8.77. The Morgan fingerprint density at radius 1 is 0.903 bits per heavy atom. The maximum Gasteiger partial charge on any atom is 0.203 e. The molecule has 0 saturated heterocycles. The molecule has 0 fully saturated rings. The van der Waals surface area contributed by atoms with Crippen LogP contribution >= 0.6 is 0 Å². The maximum atomic E-state index is 13.4. The van der Waals surface area contributed by atoms with Gasteiger partial charge in [-0.25, -0.2) is 0 Å². The van der Waals surface area contributed by atoms with Crippen molar-refractivity contribution in [2.75, 3.05) is 33.8 Å². The van der Waals surface area contributed by atoms with E-state index in [-0.39, 0.29) is 17.1 Å². The quantitative estimate of drug-likeness (QED) is 0.736. The van der Waals surface area contributed by atoms with Gasteiger partial charge in [0.1, 0.15) is 5.75 Å². The molecule has 0 bridgehead atoms. The van der Waals surface area contributed by atoms with Gasteiger partial charge >= 0.3 is 0 Å². The summed E-state index contributed by atoms with van der Waals surface area (Å²) in [4.78, 5) is 13.4. The maximum absolute atomic E-state index is 13.4. The first-order valence-corrected chi connectivity index (χ1v) is 10.3. The van der Waals surface area contributed by atoms with Crippen LogP contribution in [0.1, 0.15) is 43.7 Å². The first kappa shape index (κ1) is 21.1. The predicted molar refractivity (Wildman–Crippen MR) is 120 cm³/mol. The second kappa shape index (κ2) is 7.84. The van der Waals surface area contributed by atoms with Crippen LogP contribution in [0.25, 0.3) is 0 Å². The molecule has 2 aliphatic rings. The Balaban J connectivity index is 2.01. The highest BCUT2D eigenvalue weighted by atomic mass is 16.5. The molecule has 0 radical (unpaired) electrons. The summed E-state index contributed by atoms with van der Waals surface area (Å²) < 4.78 is 22.4. The Morgan fingerprint density at radius 3 is 2.16 bits per heavy atom. The van der Waals surface area contributed by atoms with Crippen molar-refractivity contribution in [2.24, 2.45) is 5.41 Å². The lowest BCUT2D eigenvalue weighted by molar-refractivity contribution is -0.118. The Labute approximate surface area is 183 Å². The summed E-state index contributed by atoms with van der Waals surface area (Å²) in [5.41, 5.74) is 4.38. The van der Waals surface area contributed by atoms with E-state index >= 15 is 0 Å². The standard InChI is InChI=1S/C25H29NO5/c1-25(2)12-17-21(18(27)13-25)20(14-7-9-15(28-3)10-8-14)22-16(26-17)11-19(29-4)23(30-5)24(22)31-6/h7-11,20,26H,12-13H2,1-6H3/t20-/m0/s1. The molecule has 2 aromatic rings. The molecule has 31 heavy (non-hydrogen) atoms. The van der Waals surface area contributed by atoms with Crippen molar-refractivity contribution in [3.63, 3.8) is 0 Å². The van der Waals surface area contributed by atoms with Gasteiger partial charge in [0, 0.05) is 35.2 Å². The van der Waals surface area contributed by atoms with Gasteiger partial charge < -0.3 is 24.3 Å². The van der Waals surface area contributed by atoms with Crippen molar-refractivity contribution < 1.29 is 23.7 Å². The van der Waals surface area contributed by atoms with Gasteiger partial charge in [-0.3, -0.25) is 4.79 Å². The minimum absolute atomic E-state index is 0.106. The van der Waals surface area contributed by atoms with Crippen LogP contribution in [-0.4, -0.2) is 34.2 Å². The molecule has 4 rings (SSSR count). The molecule has 0 aromatic heterocycles. The fraction of sp³-hybridized carbons (Fsp3) is 0.400. The van der Waals surface area contributed by atoms with Crippen LogP contribution in [0.3, 0.4) is 0 Å². The van der Waals surface area contributed by atoms with Crippen LogP contribution in [0.4, 0.5) is 5.69 Å². The third-order valence-electron chi connectivity index (χ3n) is 6.10. The Kier molecular flexibility index (Phi) is 5.33. The molecule has 0 saturated carbocycles. The highest BCUT2D eigenvalue weighted by molar-refractivity contribution is 6.02. The number of allylic oxidation sites excluding steroid dienone is 2. The van der Waals surface area contributed by atoms with Gasteiger partial charge in [-0.2, -0.15) is 0 Å². The number of hydrogen-bond donors (Lipinski definition) is 1. The highest BCUT2D eigenvalue weighted by Crippen LogP contribution is 2.55. The molecule has 1 heterocycles. The van der Waals surface area contributed by atoms with Crippen molar-refractivity contribution in [3.8, 4) is 23.0 Å². The van der Waals surface area contributed by atoms with Crippen LogP contribution < -0.4 is 24.3 Å². The van der Waals surface area contributed by atoms with Crippen LogP contribution in [0.15, 0.2) is 41.6 Å². The normalized spacial score (nSPS) is 19.2. The lowest BCUT2D eigenvalue weighted by Crippen LogP contribution is -2.34. The average Bonchev–Trinajstić information content (AvgIpc) is 2.75. The average molecular weight is 424 g/mol. The summed E-state index contributed by atoms with van der Waals surface area (Å²) in [5, 5.41) is 3.53. The number of rotatable bonds is 5. The molecule has 6 nitrogen and oxygen atoms in total. The summed E-state index contributed by atoms with van der Waals surface area (Å²) >= 11 is 0. The number of carbonyl (C=O) groups is 1. The van der Waals surface area contributed by atoms with Crippen molar-refractivity contribution in [1.29, 1.82) is 0 Å². The summed E-state index contributed by atoms with van der Waals surface area (Å²) in [6.45, 7) is 4.26. The van der Waals surface area contributed by atoms with Crippen molar-refractivity contribution in [2.45, 2.75) is 32.6 Å². The number of fused-ring (bicyclic) bond motifs is 1. The summed E-state index contributed by atoms with van der Waals surface area (Å²) in [6.07, 6.45) is 1.29. The molecule has 0 spiro atoms. The van der Waals surface area contributed by atoms with Crippen LogP contribution in [0, 0.1) is 5.41 Å². The number of ether oxygens (including phenoxy) is 4. The zero-order chi connectivity index (χ0) is 22.3. The molecule has 1 aliphatic heterocycles. The van der Waals surface area contributed by atoms with Gasteiger partial charge in [0.05, 0.1) is 34.1 Å². The van der Waals surface area contributed by atoms with Gasteiger partial charge in [-0.1, -0.05) is 26.0 Å². The summed E-state index contributed by atoms with van der Waals surface area (Å²) in [6, 6.07) is 9.77. The minimum Gasteiger partial charge on any atom is -0.497 e. The number of ketones is 1. The van der Waals surface area contributed by atoms with E-state index in [1.54, 1.807) is 28.4 Å². The topological polar surface area (TPSA) is 66.0 Å². The van der Waals surface area contributed by atoms with Gasteiger partial charge in [-0.05, 0) is 29.5 Å². The molecule has 1 N–H and O–H groups in total. The molecule has 6 heteroatoms. The Bertz CT molecular complexity index is 1050. The SMILES string of the molecule is COc1ccc([C@H]2C3=C(CC(C)(C)CC3=O)Nc3cc(OC)c(OC)c(OC)c32)cc1. The molecule has 1 aliphatic carbocycles. The molecular formula is C25H29NO5. The number of nitrogens with one attached hydrogen (secondary N) is 1. The summed E-state index contributed by atoms with van der Waals surface area (Å²) in [7, 11) is 6.44. The smallest absolute Gasteiger partial charge is 0.203 e. The third-order valence-corrected chi connectivity index (χ3v) is 6.10. The molecule has 0 amide bonds. The van der Waals surface area contributed by atoms with Gasteiger partial charge in [0.2, 0.25) is 5.75 Å². The van der Waals surface area contributed by atoms with Gasteiger partial charge in [-0.15, -0.1) is 0 Å². The van der Waals surface area contributed by atoms with E-state index in [1.165, 1.54) is 0 Å². The van der Waals surface area contributed by atoms with Gasteiger partial charge in [0.25, 0.3) is 0 Å². The number of methoxy groups -OCH3 is 4. The van der Waals surface area contributed by atoms with E-state index in [4.69, 9.17) is 18.9 Å². The fourth-order valence-corrected chi connectivity index (χ4v) is 4.79. The van der Waals surface area contributed by atoms with Gasteiger partial charge in [0.15, 0.2) is 17.3 Å². The minimum atomic E-state index is -0.282. The fourth-order valence-electron chi connectivity index (χ4n) is 4.79. The Hall–Kier alpha value is -3.15. The molecule has 1 atom stereocenters. The molecule has 164 valence electrons. The van der Waals surface area contributed by atoms with E-state index in [1.807, 2.05) is 30.3 Å². The second-order valence-corrected chi connectivity index (χ2v) is 8.77. The molecular weight excluding hydrogens is 394 g/mol. The number of hydrogen-bond acceptors (Lipinski definition) is 6. The third kappa shape index (κ3) is 3.50. The first-order chi connectivity index (χ1) is 14.8. The van der Waals surface area contributed by atoms with Crippen LogP contribution in [0.2, 0.25) is 0 Å². The molecule has 2 aromatic carbocycles. The first-order valence-electron chi connectivity index (χ1n) is 10.3. The Morgan fingerprint density at radius 2 is 1.58 bits per heavy atom. The number of anilines is 1. The van der Waals surface area contributed by atoms with E-state index in [0.29, 0.717) is 23.7 Å². The zero-order valence-electron chi connectivity index (χ0n) is 18.9. The van der Waals surface area contributed by atoms with Crippen molar-refractivity contribution >= 4 is 11.5 Å². The van der Waals surface area contributed by atoms with Crippen molar-refractivity contribution in [3.05, 3.63) is 52.7 Å². The van der Waals surface area contributed by atoms with Crippen LogP contribution in [0.5, 0.6) is 23.0 Å². The van der Waals surface area contributed by atoms with E-state index in [9.17, 15) is 4.79 Å². The van der Waals surface area contributed by atoms with E-state index < -0.39 is 0 Å². The predicted octanol–water partition coefficient (Wildman–Crippen LogP) is 4.92. The van der Waals surface area contributed by atoms with E-state index in [2.05, 4.69) is 19.2 Å².